The first kappa shape index (κ1) is 16.7. The van der Waals surface area contributed by atoms with Gasteiger partial charge in [-0.1, -0.05) is 17.4 Å². The minimum Gasteiger partial charge on any atom is -0.454 e. The molecule has 6 nitrogen and oxygen atoms in total. The molecule has 0 bridgehead atoms. The number of halogens is 1. The zero-order valence-corrected chi connectivity index (χ0v) is 14.8. The SMILES string of the molecule is CN(CC(=O)Nc1nc2ccc(F)cc2s1)Cc1ccc2c(c1)OCO2. The number of carbonyl (C=O) groups is 1. The van der Waals surface area contributed by atoms with Crippen LogP contribution in [0, 0.1) is 5.82 Å². The van der Waals surface area contributed by atoms with Crippen molar-refractivity contribution in [1.82, 2.24) is 9.88 Å². The smallest absolute Gasteiger partial charge is 0.240 e. The van der Waals surface area contributed by atoms with E-state index in [9.17, 15) is 9.18 Å². The van der Waals surface area contributed by atoms with Gasteiger partial charge in [-0.25, -0.2) is 9.37 Å². The summed E-state index contributed by atoms with van der Waals surface area (Å²) in [6.07, 6.45) is 0. The molecule has 8 heteroatoms. The lowest BCUT2D eigenvalue weighted by Crippen LogP contribution is -2.29. The predicted octanol–water partition coefficient (Wildman–Crippen LogP) is 3.23. The number of likely N-dealkylation sites (N-methyl/N-ethyl adjacent to an activating group) is 1. The number of hydrogen-bond acceptors (Lipinski definition) is 6. The Hall–Kier alpha value is -2.71. The van der Waals surface area contributed by atoms with Crippen LogP contribution in [0.4, 0.5) is 9.52 Å². The fourth-order valence-electron chi connectivity index (χ4n) is 2.76. The van der Waals surface area contributed by atoms with Crippen molar-refractivity contribution in [2.45, 2.75) is 6.54 Å². The molecule has 134 valence electrons. The van der Waals surface area contributed by atoms with Gasteiger partial charge < -0.3 is 14.8 Å². The Morgan fingerprint density at radius 3 is 3.00 bits per heavy atom. The molecule has 0 saturated heterocycles. The molecule has 1 aliphatic rings. The number of hydrogen-bond donors (Lipinski definition) is 1. The van der Waals surface area contributed by atoms with Crippen LogP contribution in [-0.2, 0) is 11.3 Å². The van der Waals surface area contributed by atoms with Crippen molar-refractivity contribution in [1.29, 1.82) is 0 Å². The summed E-state index contributed by atoms with van der Waals surface area (Å²) in [5.74, 6) is 0.971. The Morgan fingerprint density at radius 2 is 2.12 bits per heavy atom. The van der Waals surface area contributed by atoms with Crippen LogP contribution in [0.15, 0.2) is 36.4 Å². The summed E-state index contributed by atoms with van der Waals surface area (Å²) in [5.41, 5.74) is 1.69. The van der Waals surface area contributed by atoms with Crippen LogP contribution >= 0.6 is 11.3 Å². The summed E-state index contributed by atoms with van der Waals surface area (Å²) >= 11 is 1.25. The first-order valence-corrected chi connectivity index (χ1v) is 8.81. The lowest BCUT2D eigenvalue weighted by molar-refractivity contribution is -0.117. The van der Waals surface area contributed by atoms with Crippen molar-refractivity contribution in [3.8, 4) is 11.5 Å². The first-order valence-electron chi connectivity index (χ1n) is 8.00. The Labute approximate surface area is 153 Å². The fourth-order valence-corrected chi connectivity index (χ4v) is 3.67. The molecule has 26 heavy (non-hydrogen) atoms. The zero-order chi connectivity index (χ0) is 18.1. The topological polar surface area (TPSA) is 63.7 Å². The number of aromatic nitrogens is 1. The molecule has 1 aliphatic heterocycles. The number of carbonyl (C=O) groups excluding carboxylic acids is 1. The van der Waals surface area contributed by atoms with Crippen LogP contribution in [0.5, 0.6) is 11.5 Å². The lowest BCUT2D eigenvalue weighted by Gasteiger charge is -2.16. The minimum absolute atomic E-state index is 0.173. The third-order valence-electron chi connectivity index (χ3n) is 3.90. The molecule has 1 aromatic heterocycles. The van der Waals surface area contributed by atoms with Gasteiger partial charge in [0, 0.05) is 6.54 Å². The van der Waals surface area contributed by atoms with Gasteiger partial charge in [-0.2, -0.15) is 0 Å². The molecule has 4 rings (SSSR count). The maximum Gasteiger partial charge on any atom is 0.240 e. The summed E-state index contributed by atoms with van der Waals surface area (Å²) in [7, 11) is 1.86. The monoisotopic (exact) mass is 373 g/mol. The van der Waals surface area contributed by atoms with Gasteiger partial charge in [-0.3, -0.25) is 9.69 Å². The number of nitrogens with one attached hydrogen (secondary N) is 1. The summed E-state index contributed by atoms with van der Waals surface area (Å²) in [6, 6.07) is 10.1. The van der Waals surface area contributed by atoms with Gasteiger partial charge in [0.2, 0.25) is 12.7 Å². The van der Waals surface area contributed by atoms with E-state index in [1.54, 1.807) is 6.07 Å². The van der Waals surface area contributed by atoms with E-state index in [1.165, 1.54) is 23.5 Å². The molecule has 1 amide bonds. The summed E-state index contributed by atoms with van der Waals surface area (Å²) in [4.78, 5) is 18.4. The number of thiazole rings is 1. The zero-order valence-electron chi connectivity index (χ0n) is 14.0. The second-order valence-corrected chi connectivity index (χ2v) is 7.07. The van der Waals surface area contributed by atoms with E-state index in [1.807, 2.05) is 30.1 Å². The third-order valence-corrected chi connectivity index (χ3v) is 4.83. The number of nitrogens with zero attached hydrogens (tertiary/aromatic N) is 2. The van der Waals surface area contributed by atoms with Crippen LogP contribution in [0.3, 0.4) is 0 Å². The van der Waals surface area contributed by atoms with Crippen molar-refractivity contribution in [3.05, 3.63) is 47.8 Å². The Kier molecular flexibility index (Phi) is 4.44. The van der Waals surface area contributed by atoms with E-state index in [4.69, 9.17) is 9.47 Å². The maximum absolute atomic E-state index is 13.2. The van der Waals surface area contributed by atoms with Crippen molar-refractivity contribution < 1.29 is 18.7 Å². The van der Waals surface area contributed by atoms with Gasteiger partial charge in [0.15, 0.2) is 16.6 Å². The minimum atomic E-state index is -0.317. The highest BCUT2D eigenvalue weighted by Crippen LogP contribution is 2.32. The number of amides is 1. The molecule has 0 unspecified atom stereocenters. The van der Waals surface area contributed by atoms with Crippen LogP contribution in [0.1, 0.15) is 5.56 Å². The molecule has 1 N–H and O–H groups in total. The molecule has 2 aromatic carbocycles. The van der Waals surface area contributed by atoms with Gasteiger partial charge in [-0.15, -0.1) is 0 Å². The summed E-state index contributed by atoms with van der Waals surface area (Å²) in [5, 5.41) is 3.23. The Morgan fingerprint density at radius 1 is 1.27 bits per heavy atom. The van der Waals surface area contributed by atoms with Crippen LogP contribution < -0.4 is 14.8 Å². The van der Waals surface area contributed by atoms with Crippen molar-refractivity contribution in [2.24, 2.45) is 0 Å². The normalized spacial score (nSPS) is 12.7. The van der Waals surface area contributed by atoms with Crippen LogP contribution in [0.2, 0.25) is 0 Å². The average molecular weight is 373 g/mol. The van der Waals surface area contributed by atoms with E-state index in [0.29, 0.717) is 21.9 Å². The average Bonchev–Trinajstić information content (AvgIpc) is 3.19. The van der Waals surface area contributed by atoms with Crippen LogP contribution in [-0.4, -0.2) is 36.2 Å². The van der Waals surface area contributed by atoms with E-state index in [-0.39, 0.29) is 25.1 Å². The molecular formula is C18H16FN3O3S. The van der Waals surface area contributed by atoms with Gasteiger partial charge in [0.1, 0.15) is 5.82 Å². The lowest BCUT2D eigenvalue weighted by atomic mass is 10.2. The Bertz CT molecular complexity index is 975. The van der Waals surface area contributed by atoms with E-state index < -0.39 is 0 Å². The third kappa shape index (κ3) is 3.61. The van der Waals surface area contributed by atoms with Crippen molar-refractivity contribution in [3.63, 3.8) is 0 Å². The van der Waals surface area contributed by atoms with Gasteiger partial charge in [-0.05, 0) is 42.9 Å². The highest BCUT2D eigenvalue weighted by atomic mass is 32.1. The standard InChI is InChI=1S/C18H16FN3O3S/c1-22(8-11-2-5-14-15(6-11)25-10-24-14)9-17(23)21-18-20-13-4-3-12(19)7-16(13)26-18/h2-7H,8-10H2,1H3,(H,20,21,23). The molecule has 0 aliphatic carbocycles. The van der Waals surface area contributed by atoms with Crippen LogP contribution in [0.25, 0.3) is 10.2 Å². The first-order chi connectivity index (χ1) is 12.6. The fraction of sp³-hybridized carbons (Fsp3) is 0.222. The Balaban J connectivity index is 1.36. The van der Waals surface area contributed by atoms with Gasteiger partial charge >= 0.3 is 0 Å². The molecule has 0 fully saturated rings. The van der Waals surface area contributed by atoms with Gasteiger partial charge in [0.25, 0.3) is 0 Å². The molecule has 0 atom stereocenters. The number of benzene rings is 2. The quantitative estimate of drug-likeness (QED) is 0.744. The highest BCUT2D eigenvalue weighted by Gasteiger charge is 2.15. The van der Waals surface area contributed by atoms with E-state index in [0.717, 1.165) is 17.1 Å². The second kappa shape index (κ2) is 6.89. The van der Waals surface area contributed by atoms with E-state index >= 15 is 0 Å². The molecule has 3 aromatic rings. The second-order valence-electron chi connectivity index (χ2n) is 6.04. The number of fused-ring (bicyclic) bond motifs is 2. The molecule has 0 spiro atoms. The summed E-state index contributed by atoms with van der Waals surface area (Å²) in [6.45, 7) is 1.04. The highest BCUT2D eigenvalue weighted by molar-refractivity contribution is 7.22. The molecule has 0 radical (unpaired) electrons. The largest absolute Gasteiger partial charge is 0.454 e. The number of ether oxygens (including phenoxy) is 2. The van der Waals surface area contributed by atoms with E-state index in [2.05, 4.69) is 10.3 Å². The predicted molar refractivity (Wildman–Crippen MR) is 97.1 cm³/mol. The van der Waals surface area contributed by atoms with Crippen molar-refractivity contribution in [2.75, 3.05) is 25.7 Å². The summed E-state index contributed by atoms with van der Waals surface area (Å²) < 4.78 is 24.6. The molecule has 2 heterocycles. The van der Waals surface area contributed by atoms with Gasteiger partial charge in [0.05, 0.1) is 16.8 Å². The maximum atomic E-state index is 13.2. The molecule has 0 saturated carbocycles. The molecular weight excluding hydrogens is 357 g/mol. The number of anilines is 1. The number of rotatable bonds is 5. The van der Waals surface area contributed by atoms with Crippen molar-refractivity contribution >= 4 is 32.6 Å².